The van der Waals surface area contributed by atoms with Crippen LogP contribution in [0.1, 0.15) is 42.8 Å². The van der Waals surface area contributed by atoms with Gasteiger partial charge in [-0.3, -0.25) is 4.79 Å². The van der Waals surface area contributed by atoms with Crippen molar-refractivity contribution in [2.45, 2.75) is 43.2 Å². The maximum Gasteiger partial charge on any atom is 0.260 e. The molecule has 0 aromatic heterocycles. The zero-order valence-electron chi connectivity index (χ0n) is 16.0. The second-order valence-corrected chi connectivity index (χ2v) is 9.58. The van der Waals surface area contributed by atoms with Crippen molar-refractivity contribution in [3.8, 4) is 5.75 Å². The number of rotatable bonds is 7. The molecule has 152 valence electrons. The number of nitrogens with one attached hydrogen (secondary N) is 1. The Morgan fingerprint density at radius 1 is 1.19 bits per heavy atom. The zero-order valence-corrected chi connectivity index (χ0v) is 18.5. The topological polar surface area (TPSA) is 41.6 Å². The molecule has 0 spiro atoms. The lowest BCUT2D eigenvalue weighted by Crippen LogP contribution is -2.48. The van der Waals surface area contributed by atoms with E-state index in [1.54, 1.807) is 0 Å². The molecule has 27 heavy (non-hydrogen) atoms. The Morgan fingerprint density at radius 2 is 1.85 bits per heavy atom. The number of hydrogen-bond donors (Lipinski definition) is 1. The summed E-state index contributed by atoms with van der Waals surface area (Å²) in [5, 5.41) is 3.37. The van der Waals surface area contributed by atoms with E-state index in [1.807, 2.05) is 40.6 Å². The summed E-state index contributed by atoms with van der Waals surface area (Å²) in [5.74, 6) is 3.39. The van der Waals surface area contributed by atoms with Crippen LogP contribution in [-0.4, -0.2) is 54.6 Å². The van der Waals surface area contributed by atoms with E-state index in [-0.39, 0.29) is 24.9 Å². The SMILES string of the molecule is CCCN(C(=O)COc1ccc(C2SCCCS2)cc1)C1CCNCC1.Cl. The molecule has 2 fully saturated rings. The molecule has 0 unspecified atom stereocenters. The Balaban J connectivity index is 0.00000261. The summed E-state index contributed by atoms with van der Waals surface area (Å²) < 4.78 is 6.35. The van der Waals surface area contributed by atoms with Crippen LogP contribution in [0.3, 0.4) is 0 Å². The van der Waals surface area contributed by atoms with Crippen molar-refractivity contribution in [1.82, 2.24) is 10.2 Å². The van der Waals surface area contributed by atoms with Gasteiger partial charge >= 0.3 is 0 Å². The van der Waals surface area contributed by atoms with Crippen molar-refractivity contribution in [2.24, 2.45) is 0 Å². The van der Waals surface area contributed by atoms with Gasteiger partial charge in [-0.15, -0.1) is 35.9 Å². The third kappa shape index (κ3) is 6.77. The first-order valence-electron chi connectivity index (χ1n) is 9.74. The van der Waals surface area contributed by atoms with Crippen LogP contribution >= 0.6 is 35.9 Å². The Kier molecular flexibility index (Phi) is 10.2. The molecular weight excluding hydrogens is 400 g/mol. The van der Waals surface area contributed by atoms with E-state index in [2.05, 4.69) is 24.4 Å². The van der Waals surface area contributed by atoms with Gasteiger partial charge in [0.05, 0.1) is 4.58 Å². The van der Waals surface area contributed by atoms with E-state index >= 15 is 0 Å². The number of thioether (sulfide) groups is 2. The molecule has 0 bridgehead atoms. The molecule has 2 aliphatic rings. The summed E-state index contributed by atoms with van der Waals surface area (Å²) in [6.07, 6.45) is 4.37. The fourth-order valence-corrected chi connectivity index (χ4v) is 6.39. The Labute approximate surface area is 178 Å². The van der Waals surface area contributed by atoms with Crippen LogP contribution in [0.2, 0.25) is 0 Å². The smallest absolute Gasteiger partial charge is 0.260 e. The zero-order chi connectivity index (χ0) is 18.2. The van der Waals surface area contributed by atoms with E-state index in [0.29, 0.717) is 10.6 Å². The van der Waals surface area contributed by atoms with Gasteiger partial charge in [-0.25, -0.2) is 0 Å². The summed E-state index contributed by atoms with van der Waals surface area (Å²) in [7, 11) is 0. The number of hydrogen-bond acceptors (Lipinski definition) is 5. The normalized spacial score (nSPS) is 18.6. The van der Waals surface area contributed by atoms with Gasteiger partial charge in [0.15, 0.2) is 6.61 Å². The number of piperidine rings is 1. The summed E-state index contributed by atoms with van der Waals surface area (Å²) >= 11 is 4.04. The van der Waals surface area contributed by atoms with Crippen LogP contribution in [0.15, 0.2) is 24.3 Å². The van der Waals surface area contributed by atoms with Crippen LogP contribution in [0.4, 0.5) is 0 Å². The van der Waals surface area contributed by atoms with Gasteiger partial charge in [0.2, 0.25) is 0 Å². The summed E-state index contributed by atoms with van der Waals surface area (Å²) in [4.78, 5) is 14.7. The predicted molar refractivity (Wildman–Crippen MR) is 119 cm³/mol. The molecule has 3 rings (SSSR count). The fourth-order valence-electron chi connectivity index (χ4n) is 3.50. The van der Waals surface area contributed by atoms with Crippen LogP contribution in [-0.2, 0) is 4.79 Å². The first kappa shape index (κ1) is 22.7. The first-order valence-corrected chi connectivity index (χ1v) is 11.8. The lowest BCUT2D eigenvalue weighted by Gasteiger charge is -2.34. The van der Waals surface area contributed by atoms with Gasteiger partial charge in [0.1, 0.15) is 5.75 Å². The lowest BCUT2D eigenvalue weighted by atomic mass is 10.0. The molecule has 2 heterocycles. The minimum Gasteiger partial charge on any atom is -0.484 e. The number of amides is 1. The van der Waals surface area contributed by atoms with Gasteiger partial charge in [-0.1, -0.05) is 19.1 Å². The number of nitrogens with zero attached hydrogens (tertiary/aromatic N) is 1. The van der Waals surface area contributed by atoms with Crippen LogP contribution in [0, 0.1) is 0 Å². The van der Waals surface area contributed by atoms with Crippen LogP contribution < -0.4 is 10.1 Å². The third-order valence-corrected chi connectivity index (χ3v) is 7.89. The number of halogens is 1. The third-order valence-electron chi connectivity index (χ3n) is 4.88. The van der Waals surface area contributed by atoms with Crippen LogP contribution in [0.5, 0.6) is 5.75 Å². The van der Waals surface area contributed by atoms with Gasteiger partial charge < -0.3 is 15.0 Å². The molecule has 1 amide bonds. The lowest BCUT2D eigenvalue weighted by molar-refractivity contribution is -0.136. The summed E-state index contributed by atoms with van der Waals surface area (Å²) in [5.41, 5.74) is 1.35. The highest BCUT2D eigenvalue weighted by Gasteiger charge is 2.25. The van der Waals surface area contributed by atoms with Gasteiger partial charge in [-0.05, 0) is 68.0 Å². The second-order valence-electron chi connectivity index (χ2n) is 6.85. The minimum absolute atomic E-state index is 0. The van der Waals surface area contributed by atoms with Crippen molar-refractivity contribution in [2.75, 3.05) is 37.7 Å². The molecule has 7 heteroatoms. The van der Waals surface area contributed by atoms with Gasteiger partial charge in [0.25, 0.3) is 5.91 Å². The average Bonchev–Trinajstić information content (AvgIpc) is 2.72. The van der Waals surface area contributed by atoms with Crippen molar-refractivity contribution >= 4 is 41.8 Å². The average molecular weight is 431 g/mol. The van der Waals surface area contributed by atoms with E-state index in [0.717, 1.165) is 44.6 Å². The predicted octanol–water partition coefficient (Wildman–Crippen LogP) is 4.35. The number of benzene rings is 1. The molecule has 1 aromatic rings. The standard InChI is InChI=1S/C20H30N2O2S2.ClH/c1-2-12-22(17-8-10-21-11-9-17)19(23)15-24-18-6-4-16(5-7-18)20-25-13-3-14-26-20;/h4-7,17,20-21H,2-3,8-15H2,1H3;1H. The molecule has 4 nitrogen and oxygen atoms in total. The second kappa shape index (κ2) is 12.1. The molecule has 2 aliphatic heterocycles. The Hall–Kier alpha value is -0.560. The molecule has 0 radical (unpaired) electrons. The van der Waals surface area contributed by atoms with Crippen LogP contribution in [0.25, 0.3) is 0 Å². The highest BCUT2D eigenvalue weighted by molar-refractivity contribution is 8.16. The van der Waals surface area contributed by atoms with E-state index in [1.165, 1.54) is 23.5 Å². The highest BCUT2D eigenvalue weighted by Crippen LogP contribution is 2.43. The molecular formula is C20H31ClN2O2S2. The number of ether oxygens (including phenoxy) is 1. The quantitative estimate of drug-likeness (QED) is 0.696. The molecule has 0 aliphatic carbocycles. The van der Waals surface area contributed by atoms with E-state index in [9.17, 15) is 4.79 Å². The highest BCUT2D eigenvalue weighted by atomic mass is 35.5. The molecule has 1 aromatic carbocycles. The summed E-state index contributed by atoms with van der Waals surface area (Å²) in [6.45, 7) is 5.08. The largest absolute Gasteiger partial charge is 0.484 e. The van der Waals surface area contributed by atoms with Crippen molar-refractivity contribution in [3.63, 3.8) is 0 Å². The van der Waals surface area contributed by atoms with Crippen molar-refractivity contribution in [3.05, 3.63) is 29.8 Å². The van der Waals surface area contributed by atoms with Gasteiger partial charge in [-0.2, -0.15) is 0 Å². The summed E-state index contributed by atoms with van der Waals surface area (Å²) in [6, 6.07) is 8.66. The van der Waals surface area contributed by atoms with Crippen molar-refractivity contribution < 1.29 is 9.53 Å². The monoisotopic (exact) mass is 430 g/mol. The Morgan fingerprint density at radius 3 is 2.48 bits per heavy atom. The van der Waals surface area contributed by atoms with E-state index in [4.69, 9.17) is 4.74 Å². The van der Waals surface area contributed by atoms with Gasteiger partial charge in [0, 0.05) is 12.6 Å². The number of carbonyl (C=O) groups is 1. The van der Waals surface area contributed by atoms with E-state index < -0.39 is 0 Å². The Bertz CT molecular complexity index is 562. The van der Waals surface area contributed by atoms with Crippen molar-refractivity contribution in [1.29, 1.82) is 0 Å². The minimum atomic E-state index is 0. The molecule has 0 saturated carbocycles. The molecule has 1 N–H and O–H groups in total. The maximum absolute atomic E-state index is 12.7. The fraction of sp³-hybridized carbons (Fsp3) is 0.650. The number of carbonyl (C=O) groups excluding carboxylic acids is 1. The first-order chi connectivity index (χ1) is 12.8. The molecule has 2 saturated heterocycles. The molecule has 0 atom stereocenters. The maximum atomic E-state index is 12.7.